The number of rotatable bonds is 4. The molecule has 0 radical (unpaired) electrons. The second-order valence-electron chi connectivity index (χ2n) is 4.84. The van der Waals surface area contributed by atoms with Crippen LogP contribution in [-0.4, -0.2) is 23.1 Å². The molecule has 1 aromatic carbocycles. The van der Waals surface area contributed by atoms with Crippen LogP contribution < -0.4 is 10.1 Å². The Labute approximate surface area is 133 Å². The molecular weight excluding hydrogens is 309 g/mol. The van der Waals surface area contributed by atoms with Crippen molar-refractivity contribution in [3.63, 3.8) is 0 Å². The zero-order chi connectivity index (χ0) is 14.7. The maximum atomic E-state index is 6.15. The van der Waals surface area contributed by atoms with Gasteiger partial charge in [0, 0.05) is 11.6 Å². The number of hydrogen-bond acceptors (Lipinski definition) is 4. The third-order valence-corrected chi connectivity index (χ3v) is 3.90. The van der Waals surface area contributed by atoms with Crippen LogP contribution in [0.1, 0.15) is 17.7 Å². The Kier molecular flexibility index (Phi) is 4.46. The summed E-state index contributed by atoms with van der Waals surface area (Å²) in [7, 11) is 0. The van der Waals surface area contributed by atoms with Crippen LogP contribution in [0.25, 0.3) is 0 Å². The molecule has 6 heteroatoms. The lowest BCUT2D eigenvalue weighted by molar-refractivity contribution is 0.285. The predicted octanol–water partition coefficient (Wildman–Crippen LogP) is 3.76. The van der Waals surface area contributed by atoms with Crippen molar-refractivity contribution in [2.75, 3.05) is 18.5 Å². The normalized spacial score (nSPS) is 13.4. The summed E-state index contributed by atoms with van der Waals surface area (Å²) in [5.74, 6) is 1.39. The minimum absolute atomic E-state index is 0.250. The van der Waals surface area contributed by atoms with Crippen molar-refractivity contribution in [2.24, 2.45) is 0 Å². The Morgan fingerprint density at radius 3 is 2.90 bits per heavy atom. The molecule has 0 unspecified atom stereocenters. The Hall–Kier alpha value is -1.52. The fourth-order valence-electron chi connectivity index (χ4n) is 2.34. The third-order valence-electron chi connectivity index (χ3n) is 3.36. The van der Waals surface area contributed by atoms with Gasteiger partial charge in [-0.05, 0) is 42.5 Å². The highest BCUT2D eigenvalue weighted by Gasteiger charge is 2.18. The molecule has 1 N–H and O–H groups in total. The first-order valence-corrected chi connectivity index (χ1v) is 7.66. The smallest absolute Gasteiger partial charge is 0.224 e. The van der Waals surface area contributed by atoms with Gasteiger partial charge in [-0.3, -0.25) is 0 Å². The largest absolute Gasteiger partial charge is 0.488 e. The van der Waals surface area contributed by atoms with Crippen molar-refractivity contribution in [2.45, 2.75) is 19.3 Å². The van der Waals surface area contributed by atoms with Crippen molar-refractivity contribution in [3.8, 4) is 5.75 Å². The van der Waals surface area contributed by atoms with Gasteiger partial charge in [0.25, 0.3) is 0 Å². The maximum absolute atomic E-state index is 6.15. The van der Waals surface area contributed by atoms with Crippen LogP contribution in [0, 0.1) is 0 Å². The molecule has 0 spiro atoms. The van der Waals surface area contributed by atoms with E-state index in [0.29, 0.717) is 19.0 Å². The lowest BCUT2D eigenvalue weighted by atomic mass is 10.1. The average molecular weight is 324 g/mol. The first kappa shape index (κ1) is 14.4. The first-order chi connectivity index (χ1) is 10.2. The topological polar surface area (TPSA) is 47.0 Å². The van der Waals surface area contributed by atoms with Crippen molar-refractivity contribution in [1.29, 1.82) is 0 Å². The Balaban J connectivity index is 1.71. The minimum atomic E-state index is 0.250. The van der Waals surface area contributed by atoms with Crippen LogP contribution in [0.3, 0.4) is 0 Å². The third kappa shape index (κ3) is 3.39. The number of nitrogens with one attached hydrogen (secondary N) is 1. The number of nitrogens with zero attached hydrogens (tertiary/aromatic N) is 2. The molecule has 0 saturated carbocycles. The number of aromatic nitrogens is 2. The van der Waals surface area contributed by atoms with Gasteiger partial charge in [-0.25, -0.2) is 4.98 Å². The van der Waals surface area contributed by atoms with E-state index in [4.69, 9.17) is 27.9 Å². The van der Waals surface area contributed by atoms with Crippen LogP contribution in [0.15, 0.2) is 24.3 Å². The first-order valence-electron chi connectivity index (χ1n) is 6.90. The highest BCUT2D eigenvalue weighted by Crippen LogP contribution is 2.31. The Bertz CT molecular complexity index is 649. The molecule has 2 aromatic rings. The summed E-state index contributed by atoms with van der Waals surface area (Å²) < 4.78 is 5.66. The average Bonchev–Trinajstić information content (AvgIpc) is 2.49. The zero-order valence-electron chi connectivity index (χ0n) is 11.4. The van der Waals surface area contributed by atoms with Crippen molar-refractivity contribution < 1.29 is 4.74 Å². The zero-order valence-corrected chi connectivity index (χ0v) is 12.9. The molecule has 2 heterocycles. The van der Waals surface area contributed by atoms with Crippen LogP contribution in [0.5, 0.6) is 5.75 Å². The molecule has 3 rings (SSSR count). The number of halogens is 2. The van der Waals surface area contributed by atoms with E-state index in [-0.39, 0.29) is 5.28 Å². The molecule has 1 aliphatic heterocycles. The van der Waals surface area contributed by atoms with Crippen molar-refractivity contribution in [1.82, 2.24) is 9.97 Å². The Morgan fingerprint density at radius 2 is 2.05 bits per heavy atom. The van der Waals surface area contributed by atoms with E-state index in [0.717, 1.165) is 41.3 Å². The van der Waals surface area contributed by atoms with E-state index in [2.05, 4.69) is 15.3 Å². The van der Waals surface area contributed by atoms with E-state index in [9.17, 15) is 0 Å². The maximum Gasteiger partial charge on any atom is 0.224 e. The summed E-state index contributed by atoms with van der Waals surface area (Å²) in [5, 5.41) is 4.30. The summed E-state index contributed by atoms with van der Waals surface area (Å²) >= 11 is 12.1. The number of aryl methyl sites for hydroxylation is 1. The van der Waals surface area contributed by atoms with Gasteiger partial charge >= 0.3 is 0 Å². The molecule has 0 saturated heterocycles. The second kappa shape index (κ2) is 6.50. The van der Waals surface area contributed by atoms with E-state index in [1.807, 2.05) is 24.3 Å². The number of benzene rings is 1. The molecule has 1 aliphatic rings. The van der Waals surface area contributed by atoms with Crippen molar-refractivity contribution >= 4 is 29.0 Å². The molecular formula is C15H15Cl2N3O. The highest BCUT2D eigenvalue weighted by molar-refractivity contribution is 6.31. The quantitative estimate of drug-likeness (QED) is 0.870. The number of hydrogen-bond donors (Lipinski definition) is 1. The fraction of sp³-hybridized carbons (Fsp3) is 0.333. The molecule has 0 fully saturated rings. The van der Waals surface area contributed by atoms with Gasteiger partial charge < -0.3 is 10.1 Å². The lowest BCUT2D eigenvalue weighted by Gasteiger charge is -2.19. The molecule has 0 atom stereocenters. The lowest BCUT2D eigenvalue weighted by Crippen LogP contribution is -2.15. The monoisotopic (exact) mass is 323 g/mol. The molecule has 0 aliphatic carbocycles. The molecule has 0 amide bonds. The molecule has 4 nitrogen and oxygen atoms in total. The van der Waals surface area contributed by atoms with Gasteiger partial charge in [0.15, 0.2) is 11.6 Å². The van der Waals surface area contributed by atoms with Crippen LogP contribution in [-0.2, 0) is 12.8 Å². The van der Waals surface area contributed by atoms with Crippen LogP contribution in [0.2, 0.25) is 10.3 Å². The predicted molar refractivity (Wildman–Crippen MR) is 84.5 cm³/mol. The van der Waals surface area contributed by atoms with Gasteiger partial charge in [-0.1, -0.05) is 29.8 Å². The Morgan fingerprint density at radius 1 is 1.19 bits per heavy atom. The summed E-state index contributed by atoms with van der Waals surface area (Å²) in [6, 6.07) is 7.81. The van der Waals surface area contributed by atoms with Gasteiger partial charge in [0.2, 0.25) is 5.28 Å². The van der Waals surface area contributed by atoms with E-state index in [1.165, 1.54) is 0 Å². The van der Waals surface area contributed by atoms with Crippen LogP contribution in [0.4, 0.5) is 5.82 Å². The van der Waals surface area contributed by atoms with Gasteiger partial charge in [-0.2, -0.15) is 4.98 Å². The van der Waals surface area contributed by atoms with E-state index in [1.54, 1.807) is 0 Å². The molecule has 110 valence electrons. The van der Waals surface area contributed by atoms with Crippen molar-refractivity contribution in [3.05, 3.63) is 45.8 Å². The summed E-state index contributed by atoms with van der Waals surface area (Å²) in [6.45, 7) is 1.39. The minimum Gasteiger partial charge on any atom is -0.488 e. The number of anilines is 1. The summed E-state index contributed by atoms with van der Waals surface area (Å²) in [4.78, 5) is 8.45. The van der Waals surface area contributed by atoms with Gasteiger partial charge in [0.1, 0.15) is 0 Å². The van der Waals surface area contributed by atoms with Crippen LogP contribution >= 0.6 is 23.2 Å². The molecule has 1 aromatic heterocycles. The van der Waals surface area contributed by atoms with E-state index < -0.39 is 0 Å². The number of ether oxygens (including phenoxy) is 1. The van der Waals surface area contributed by atoms with E-state index >= 15 is 0 Å². The summed E-state index contributed by atoms with van der Waals surface area (Å²) in [6.07, 6.45) is 2.63. The molecule has 0 bridgehead atoms. The summed E-state index contributed by atoms with van der Waals surface area (Å²) in [5.41, 5.74) is 1.98. The second-order valence-corrected chi connectivity index (χ2v) is 5.58. The number of fused-ring (bicyclic) bond motifs is 1. The van der Waals surface area contributed by atoms with Gasteiger partial charge in [-0.15, -0.1) is 0 Å². The SMILES string of the molecule is Clc1nc2c(c(NCCc3ccccc3Cl)n1)OCCC2. The standard InChI is InChI=1S/C15H15Cl2N3O/c16-11-5-2-1-4-10(11)7-8-18-14-13-12(6-3-9-21-13)19-15(17)20-14/h1-2,4-5H,3,6-9H2,(H,18,19,20). The van der Waals surface area contributed by atoms with Gasteiger partial charge in [0.05, 0.1) is 12.3 Å². The fourth-order valence-corrected chi connectivity index (χ4v) is 2.76. The molecule has 21 heavy (non-hydrogen) atoms. The highest BCUT2D eigenvalue weighted by atomic mass is 35.5.